The van der Waals surface area contributed by atoms with Crippen LogP contribution in [0.4, 0.5) is 0 Å². The minimum Gasteiger partial charge on any atom is -0.487 e. The number of ether oxygens (including phenoxy) is 1. The first-order chi connectivity index (χ1) is 11.1. The first-order valence-electron chi connectivity index (χ1n) is 7.39. The molecule has 0 radical (unpaired) electrons. The highest BCUT2D eigenvalue weighted by molar-refractivity contribution is 5.89. The van der Waals surface area contributed by atoms with Crippen molar-refractivity contribution in [3.63, 3.8) is 0 Å². The molecule has 0 fully saturated rings. The highest BCUT2D eigenvalue weighted by Gasteiger charge is 2.16. The average Bonchev–Trinajstić information content (AvgIpc) is 2.97. The summed E-state index contributed by atoms with van der Waals surface area (Å²) in [5.41, 5.74) is 8.45. The van der Waals surface area contributed by atoms with Gasteiger partial charge in [-0.1, -0.05) is 42.5 Å². The van der Waals surface area contributed by atoms with E-state index in [1.54, 1.807) is 6.20 Å². The molecule has 5 heteroatoms. The topological polar surface area (TPSA) is 88.3 Å². The van der Waals surface area contributed by atoms with E-state index in [0.717, 1.165) is 27.8 Å². The van der Waals surface area contributed by atoms with E-state index in [1.165, 1.54) is 0 Å². The van der Waals surface area contributed by atoms with E-state index in [4.69, 9.17) is 15.6 Å². The molecule has 0 aliphatic carbocycles. The molecule has 1 unspecified atom stereocenters. The van der Waals surface area contributed by atoms with Crippen molar-refractivity contribution in [2.75, 3.05) is 0 Å². The predicted molar refractivity (Wildman–Crippen MR) is 88.4 cm³/mol. The summed E-state index contributed by atoms with van der Waals surface area (Å²) in [4.78, 5) is 14.1. The third-order valence-corrected chi connectivity index (χ3v) is 3.76. The number of carboxylic acid groups (broad SMARTS) is 1. The first-order valence-corrected chi connectivity index (χ1v) is 7.39. The molecule has 0 amide bonds. The maximum atomic E-state index is 10.9. The second-order valence-corrected chi connectivity index (χ2v) is 5.42. The van der Waals surface area contributed by atoms with Crippen LogP contribution in [0.2, 0.25) is 0 Å². The third kappa shape index (κ3) is 3.35. The lowest BCUT2D eigenvalue weighted by atomic mass is 10.1. The van der Waals surface area contributed by atoms with Crippen molar-refractivity contribution >= 4 is 16.9 Å². The fourth-order valence-electron chi connectivity index (χ4n) is 2.53. The van der Waals surface area contributed by atoms with Crippen molar-refractivity contribution in [3.8, 4) is 5.75 Å². The van der Waals surface area contributed by atoms with Gasteiger partial charge in [-0.25, -0.2) is 0 Å². The Balaban J connectivity index is 1.82. The van der Waals surface area contributed by atoms with E-state index >= 15 is 0 Å². The quantitative estimate of drug-likeness (QED) is 0.653. The summed E-state index contributed by atoms with van der Waals surface area (Å²) in [5.74, 6) is -0.266. The summed E-state index contributed by atoms with van der Waals surface area (Å²) < 4.78 is 5.89. The molecule has 5 nitrogen and oxygen atoms in total. The monoisotopic (exact) mass is 310 g/mol. The van der Waals surface area contributed by atoms with Gasteiger partial charge in [-0.3, -0.25) is 4.79 Å². The molecule has 0 bridgehead atoms. The second kappa shape index (κ2) is 6.54. The summed E-state index contributed by atoms with van der Waals surface area (Å²) in [6, 6.07) is 14.7. The largest absolute Gasteiger partial charge is 0.487 e. The summed E-state index contributed by atoms with van der Waals surface area (Å²) in [6.07, 6.45) is 2.07. The molecule has 118 valence electrons. The smallest absolute Gasteiger partial charge is 0.320 e. The molecule has 0 aliphatic rings. The number of rotatable bonds is 6. The van der Waals surface area contributed by atoms with Crippen LogP contribution in [0, 0.1) is 0 Å². The van der Waals surface area contributed by atoms with Gasteiger partial charge in [0, 0.05) is 18.0 Å². The highest BCUT2D eigenvalue weighted by Crippen LogP contribution is 2.28. The maximum Gasteiger partial charge on any atom is 0.320 e. The Labute approximate surface area is 133 Å². The van der Waals surface area contributed by atoms with Crippen molar-refractivity contribution < 1.29 is 14.6 Å². The number of nitrogens with one attached hydrogen (secondary N) is 1. The van der Waals surface area contributed by atoms with Crippen molar-refractivity contribution in [1.29, 1.82) is 0 Å². The third-order valence-electron chi connectivity index (χ3n) is 3.76. The van der Waals surface area contributed by atoms with Gasteiger partial charge in [-0.2, -0.15) is 0 Å². The van der Waals surface area contributed by atoms with Crippen LogP contribution in [0.3, 0.4) is 0 Å². The number of fused-ring (bicyclic) bond motifs is 1. The van der Waals surface area contributed by atoms with Crippen molar-refractivity contribution in [3.05, 3.63) is 65.9 Å². The molecule has 4 N–H and O–H groups in total. The fourth-order valence-corrected chi connectivity index (χ4v) is 2.53. The maximum absolute atomic E-state index is 10.9. The zero-order valence-electron chi connectivity index (χ0n) is 12.5. The number of para-hydroxylation sites is 1. The van der Waals surface area contributed by atoms with Crippen LogP contribution in [0.25, 0.3) is 10.9 Å². The van der Waals surface area contributed by atoms with Crippen molar-refractivity contribution in [2.24, 2.45) is 5.73 Å². The molecule has 1 heterocycles. The van der Waals surface area contributed by atoms with Crippen LogP contribution in [-0.4, -0.2) is 22.1 Å². The molecule has 1 aromatic heterocycles. The van der Waals surface area contributed by atoms with Gasteiger partial charge >= 0.3 is 5.97 Å². The van der Waals surface area contributed by atoms with Gasteiger partial charge in [0.05, 0.1) is 5.52 Å². The number of carboxylic acids is 1. The molecular formula is C18H18N2O3. The summed E-state index contributed by atoms with van der Waals surface area (Å²) in [7, 11) is 0. The number of aliphatic carboxylic acids is 1. The number of nitrogens with two attached hydrogens (primary N) is 1. The van der Waals surface area contributed by atoms with Crippen molar-refractivity contribution in [2.45, 2.75) is 19.1 Å². The number of hydrogen-bond acceptors (Lipinski definition) is 3. The number of H-pyrrole nitrogens is 1. The Hall–Kier alpha value is -2.79. The predicted octanol–water partition coefficient (Wildman–Crippen LogP) is 2.70. The van der Waals surface area contributed by atoms with E-state index < -0.39 is 12.0 Å². The van der Waals surface area contributed by atoms with Crippen LogP contribution >= 0.6 is 0 Å². The van der Waals surface area contributed by atoms with Crippen LogP contribution in [-0.2, 0) is 17.8 Å². The summed E-state index contributed by atoms with van der Waals surface area (Å²) in [5, 5.41) is 9.90. The van der Waals surface area contributed by atoms with E-state index in [2.05, 4.69) is 4.98 Å². The van der Waals surface area contributed by atoms with Gasteiger partial charge in [0.15, 0.2) is 0 Å². The Morgan fingerprint density at radius 2 is 1.96 bits per heavy atom. The Morgan fingerprint density at radius 1 is 1.17 bits per heavy atom. The van der Waals surface area contributed by atoms with Gasteiger partial charge in [0.25, 0.3) is 0 Å². The highest BCUT2D eigenvalue weighted by atomic mass is 16.5. The van der Waals surface area contributed by atoms with Crippen LogP contribution in [0.1, 0.15) is 11.1 Å². The molecule has 1 atom stereocenters. The zero-order chi connectivity index (χ0) is 16.2. The van der Waals surface area contributed by atoms with E-state index in [9.17, 15) is 4.79 Å². The number of hydrogen-bond donors (Lipinski definition) is 3. The number of benzene rings is 2. The van der Waals surface area contributed by atoms with Crippen LogP contribution < -0.4 is 10.5 Å². The van der Waals surface area contributed by atoms with E-state index in [-0.39, 0.29) is 6.42 Å². The normalized spacial score (nSPS) is 12.2. The molecule has 0 spiro atoms. The minimum atomic E-state index is -1.00. The SMILES string of the molecule is NC(Cc1c[nH]c2c(OCc3ccccc3)cccc12)C(=O)O. The Bertz CT molecular complexity index is 812. The van der Waals surface area contributed by atoms with Crippen molar-refractivity contribution in [1.82, 2.24) is 4.98 Å². The number of carbonyl (C=O) groups is 1. The van der Waals surface area contributed by atoms with Gasteiger partial charge in [0.1, 0.15) is 18.4 Å². The lowest BCUT2D eigenvalue weighted by molar-refractivity contribution is -0.138. The first kappa shape index (κ1) is 15.1. The Kier molecular flexibility index (Phi) is 4.30. The van der Waals surface area contributed by atoms with Crippen LogP contribution in [0.15, 0.2) is 54.7 Å². The lowest BCUT2D eigenvalue weighted by Crippen LogP contribution is -2.32. The second-order valence-electron chi connectivity index (χ2n) is 5.42. The Morgan fingerprint density at radius 3 is 2.70 bits per heavy atom. The molecule has 3 aromatic rings. The molecule has 3 rings (SSSR count). The van der Waals surface area contributed by atoms with Crippen LogP contribution in [0.5, 0.6) is 5.75 Å². The standard InChI is InChI=1S/C18H18N2O3/c19-15(18(21)22)9-13-10-20-17-14(13)7-4-8-16(17)23-11-12-5-2-1-3-6-12/h1-8,10,15,20H,9,11,19H2,(H,21,22). The van der Waals surface area contributed by atoms with Gasteiger partial charge in [-0.15, -0.1) is 0 Å². The van der Waals surface area contributed by atoms with E-state index in [0.29, 0.717) is 6.61 Å². The van der Waals surface area contributed by atoms with Gasteiger partial charge in [0.2, 0.25) is 0 Å². The molecular weight excluding hydrogens is 292 g/mol. The number of aromatic nitrogens is 1. The zero-order valence-corrected chi connectivity index (χ0v) is 12.5. The summed E-state index contributed by atoms with van der Waals surface area (Å²) in [6.45, 7) is 0.475. The molecule has 23 heavy (non-hydrogen) atoms. The minimum absolute atomic E-state index is 0.275. The molecule has 0 saturated heterocycles. The number of aromatic amines is 1. The average molecular weight is 310 g/mol. The molecule has 0 saturated carbocycles. The van der Waals surface area contributed by atoms with Gasteiger partial charge < -0.3 is 20.6 Å². The molecule has 0 aliphatic heterocycles. The van der Waals surface area contributed by atoms with E-state index in [1.807, 2.05) is 48.5 Å². The lowest BCUT2D eigenvalue weighted by Gasteiger charge is -2.08. The fraction of sp³-hybridized carbons (Fsp3) is 0.167. The molecule has 2 aromatic carbocycles. The van der Waals surface area contributed by atoms with Gasteiger partial charge in [-0.05, 0) is 17.2 Å². The summed E-state index contributed by atoms with van der Waals surface area (Å²) >= 11 is 0.